The average molecular weight is 244 g/mol. The molecule has 4 nitrogen and oxygen atoms in total. The van der Waals surface area contributed by atoms with E-state index in [0.29, 0.717) is 0 Å². The summed E-state index contributed by atoms with van der Waals surface area (Å²) in [5.74, 6) is 1.11. The minimum Gasteiger partial charge on any atom is -0.335 e. The van der Waals surface area contributed by atoms with E-state index in [1.807, 2.05) is 38.6 Å². The molecule has 2 aromatic rings. The molecule has 1 unspecified atom stereocenters. The predicted octanol–water partition coefficient (Wildman–Crippen LogP) is 2.11. The van der Waals surface area contributed by atoms with Crippen molar-refractivity contribution in [2.75, 3.05) is 7.05 Å². The second-order valence-corrected chi connectivity index (χ2v) is 4.35. The first-order valence-corrected chi connectivity index (χ1v) is 6.35. The number of imidazole rings is 1. The van der Waals surface area contributed by atoms with Crippen LogP contribution < -0.4 is 5.32 Å². The first-order chi connectivity index (χ1) is 8.76. The Bertz CT molecular complexity index is 504. The topological polar surface area (TPSA) is 42.7 Å². The Hall–Kier alpha value is -1.68. The molecule has 0 spiro atoms. The fourth-order valence-corrected chi connectivity index (χ4v) is 2.23. The van der Waals surface area contributed by atoms with Gasteiger partial charge in [0.1, 0.15) is 5.82 Å². The highest BCUT2D eigenvalue weighted by molar-refractivity contribution is 5.23. The average Bonchev–Trinajstić information content (AvgIpc) is 2.84. The van der Waals surface area contributed by atoms with Crippen LogP contribution in [0.3, 0.4) is 0 Å². The Morgan fingerprint density at radius 1 is 1.33 bits per heavy atom. The molecule has 2 aromatic heterocycles. The summed E-state index contributed by atoms with van der Waals surface area (Å²) in [5, 5.41) is 3.36. The molecular weight excluding hydrogens is 224 g/mol. The normalized spacial score (nSPS) is 12.6. The summed E-state index contributed by atoms with van der Waals surface area (Å²) in [6.45, 7) is 5.14. The lowest BCUT2D eigenvalue weighted by atomic mass is 10.0. The molecule has 0 aliphatic heterocycles. The molecule has 4 heteroatoms. The lowest BCUT2D eigenvalue weighted by molar-refractivity contribution is 0.549. The number of nitrogens with zero attached hydrogens (tertiary/aromatic N) is 3. The minimum atomic E-state index is 0.256. The quantitative estimate of drug-likeness (QED) is 0.876. The van der Waals surface area contributed by atoms with Crippen LogP contribution in [0.15, 0.2) is 30.7 Å². The van der Waals surface area contributed by atoms with Crippen LogP contribution in [-0.2, 0) is 13.0 Å². The highest BCUT2D eigenvalue weighted by Crippen LogP contribution is 2.19. The van der Waals surface area contributed by atoms with E-state index in [2.05, 4.69) is 32.8 Å². The van der Waals surface area contributed by atoms with Crippen molar-refractivity contribution in [2.24, 2.45) is 0 Å². The van der Waals surface area contributed by atoms with Crippen LogP contribution in [0.1, 0.15) is 30.0 Å². The number of rotatable bonds is 5. The zero-order valence-corrected chi connectivity index (χ0v) is 11.2. The van der Waals surface area contributed by atoms with Gasteiger partial charge in [-0.25, -0.2) is 4.98 Å². The number of nitrogens with one attached hydrogen (secondary N) is 1. The molecule has 1 atom stereocenters. The first-order valence-electron chi connectivity index (χ1n) is 6.35. The monoisotopic (exact) mass is 244 g/mol. The highest BCUT2D eigenvalue weighted by atomic mass is 15.1. The van der Waals surface area contributed by atoms with Crippen molar-refractivity contribution in [3.8, 4) is 0 Å². The summed E-state index contributed by atoms with van der Waals surface area (Å²) in [6, 6.07) is 4.37. The van der Waals surface area contributed by atoms with Gasteiger partial charge in [0.15, 0.2) is 0 Å². The summed E-state index contributed by atoms with van der Waals surface area (Å²) < 4.78 is 2.18. The van der Waals surface area contributed by atoms with E-state index in [-0.39, 0.29) is 6.04 Å². The molecule has 0 saturated heterocycles. The summed E-state index contributed by atoms with van der Waals surface area (Å²) in [5.41, 5.74) is 2.32. The van der Waals surface area contributed by atoms with Crippen molar-refractivity contribution >= 4 is 0 Å². The second-order valence-electron chi connectivity index (χ2n) is 4.35. The molecule has 2 heterocycles. The van der Waals surface area contributed by atoms with Gasteiger partial charge in [-0.15, -0.1) is 0 Å². The van der Waals surface area contributed by atoms with Gasteiger partial charge in [0.05, 0.1) is 0 Å². The highest BCUT2D eigenvalue weighted by Gasteiger charge is 2.15. The fraction of sp³-hybridized carbons (Fsp3) is 0.429. The van der Waals surface area contributed by atoms with E-state index in [0.717, 1.165) is 24.5 Å². The van der Waals surface area contributed by atoms with Gasteiger partial charge < -0.3 is 9.88 Å². The van der Waals surface area contributed by atoms with E-state index < -0.39 is 0 Å². The zero-order chi connectivity index (χ0) is 13.0. The molecule has 0 saturated carbocycles. The van der Waals surface area contributed by atoms with Crippen LogP contribution in [0.5, 0.6) is 0 Å². The van der Waals surface area contributed by atoms with E-state index in [1.165, 1.54) is 5.56 Å². The summed E-state index contributed by atoms with van der Waals surface area (Å²) >= 11 is 0. The summed E-state index contributed by atoms with van der Waals surface area (Å²) in [4.78, 5) is 8.79. The molecule has 0 aromatic carbocycles. The van der Waals surface area contributed by atoms with Crippen LogP contribution in [0, 0.1) is 6.92 Å². The molecule has 0 aliphatic rings. The molecule has 0 fully saturated rings. The Morgan fingerprint density at radius 2 is 2.17 bits per heavy atom. The number of hydrogen-bond donors (Lipinski definition) is 1. The van der Waals surface area contributed by atoms with Gasteiger partial charge in [-0.1, -0.05) is 6.07 Å². The van der Waals surface area contributed by atoms with Crippen molar-refractivity contribution in [1.82, 2.24) is 19.9 Å². The Labute approximate surface area is 108 Å². The first kappa shape index (κ1) is 12.8. The largest absolute Gasteiger partial charge is 0.335 e. The zero-order valence-electron chi connectivity index (χ0n) is 11.2. The maximum Gasteiger partial charge on any atom is 0.110 e. The van der Waals surface area contributed by atoms with Crippen molar-refractivity contribution in [2.45, 2.75) is 32.9 Å². The van der Waals surface area contributed by atoms with Gasteiger partial charge in [0, 0.05) is 43.3 Å². The molecule has 0 bridgehead atoms. The summed E-state index contributed by atoms with van der Waals surface area (Å²) in [6.07, 6.45) is 6.60. The Balaban J connectivity index is 2.23. The standard InChI is InChI=1S/C14H20N4/c1-4-18-9-8-17-14(18)10-13(15-3)12-6-5-7-16-11(12)2/h5-9,13,15H,4,10H2,1-3H3. The van der Waals surface area contributed by atoms with Crippen molar-refractivity contribution in [3.63, 3.8) is 0 Å². The SMILES string of the molecule is CCn1ccnc1CC(NC)c1cccnc1C. The van der Waals surface area contributed by atoms with Crippen molar-refractivity contribution in [1.29, 1.82) is 0 Å². The van der Waals surface area contributed by atoms with Crippen molar-refractivity contribution in [3.05, 3.63) is 47.8 Å². The van der Waals surface area contributed by atoms with Crippen LogP contribution in [-0.4, -0.2) is 21.6 Å². The third-order valence-electron chi connectivity index (χ3n) is 3.30. The number of likely N-dealkylation sites (N-methyl/N-ethyl adjacent to an activating group) is 1. The van der Waals surface area contributed by atoms with Crippen LogP contribution >= 0.6 is 0 Å². The van der Waals surface area contributed by atoms with Crippen molar-refractivity contribution < 1.29 is 0 Å². The predicted molar refractivity (Wildman–Crippen MR) is 72.4 cm³/mol. The molecule has 18 heavy (non-hydrogen) atoms. The molecule has 2 rings (SSSR count). The van der Waals surface area contributed by atoms with E-state index in [9.17, 15) is 0 Å². The van der Waals surface area contributed by atoms with E-state index in [4.69, 9.17) is 0 Å². The van der Waals surface area contributed by atoms with Gasteiger partial charge in [-0.2, -0.15) is 0 Å². The number of aryl methyl sites for hydroxylation is 2. The van der Waals surface area contributed by atoms with Crippen LogP contribution in [0.4, 0.5) is 0 Å². The van der Waals surface area contributed by atoms with E-state index >= 15 is 0 Å². The van der Waals surface area contributed by atoms with Gasteiger partial charge in [-0.05, 0) is 32.5 Å². The molecule has 1 N–H and O–H groups in total. The van der Waals surface area contributed by atoms with E-state index in [1.54, 1.807) is 0 Å². The van der Waals surface area contributed by atoms with Crippen LogP contribution in [0.25, 0.3) is 0 Å². The fourth-order valence-electron chi connectivity index (χ4n) is 2.23. The molecule has 0 radical (unpaired) electrons. The molecular formula is C14H20N4. The van der Waals surface area contributed by atoms with Crippen LogP contribution in [0.2, 0.25) is 0 Å². The lowest BCUT2D eigenvalue weighted by Gasteiger charge is -2.18. The molecule has 0 amide bonds. The number of hydrogen-bond acceptors (Lipinski definition) is 3. The maximum absolute atomic E-state index is 4.43. The van der Waals surface area contributed by atoms with Gasteiger partial charge in [-0.3, -0.25) is 4.98 Å². The maximum atomic E-state index is 4.43. The smallest absolute Gasteiger partial charge is 0.110 e. The third-order valence-corrected chi connectivity index (χ3v) is 3.30. The van der Waals surface area contributed by atoms with Gasteiger partial charge in [0.25, 0.3) is 0 Å². The number of aromatic nitrogens is 3. The Kier molecular flexibility index (Phi) is 4.10. The molecule has 0 aliphatic carbocycles. The van der Waals surface area contributed by atoms with Gasteiger partial charge >= 0.3 is 0 Å². The Morgan fingerprint density at radius 3 is 2.83 bits per heavy atom. The molecule has 96 valence electrons. The van der Waals surface area contributed by atoms with Gasteiger partial charge in [0.2, 0.25) is 0 Å². The lowest BCUT2D eigenvalue weighted by Crippen LogP contribution is -2.22. The second kappa shape index (κ2) is 5.78. The number of pyridine rings is 1. The summed E-state index contributed by atoms with van der Waals surface area (Å²) in [7, 11) is 1.98. The minimum absolute atomic E-state index is 0.256. The third kappa shape index (κ3) is 2.59.